The lowest BCUT2D eigenvalue weighted by Crippen LogP contribution is -2.55. The quantitative estimate of drug-likeness (QED) is 0.605. The highest BCUT2D eigenvalue weighted by molar-refractivity contribution is 5.85. The van der Waals surface area contributed by atoms with E-state index in [0.29, 0.717) is 12.1 Å². The molecule has 2 atom stereocenters. The van der Waals surface area contributed by atoms with Crippen LogP contribution in [0.15, 0.2) is 54.6 Å². The summed E-state index contributed by atoms with van der Waals surface area (Å²) in [6.45, 7) is 12.3. The number of likely N-dealkylation sites (tertiary alicyclic amines) is 1. The van der Waals surface area contributed by atoms with Crippen LogP contribution in [0.25, 0.3) is 6.08 Å². The summed E-state index contributed by atoms with van der Waals surface area (Å²) in [4.78, 5) is 18.5. The summed E-state index contributed by atoms with van der Waals surface area (Å²) in [6.07, 6.45) is 5.49. The van der Waals surface area contributed by atoms with E-state index >= 15 is 0 Å². The molecule has 2 aliphatic rings. The Morgan fingerprint density at radius 1 is 0.879 bits per heavy atom. The Bertz CT molecular complexity index is 938. The van der Waals surface area contributed by atoms with Crippen LogP contribution in [0.2, 0.25) is 0 Å². The van der Waals surface area contributed by atoms with E-state index in [-0.39, 0.29) is 0 Å². The summed E-state index contributed by atoms with van der Waals surface area (Å²) in [7, 11) is 0. The molecule has 5 nitrogen and oxygen atoms in total. The van der Waals surface area contributed by atoms with E-state index in [1.165, 1.54) is 48.7 Å². The van der Waals surface area contributed by atoms with Gasteiger partial charge < -0.3 is 5.11 Å². The standard InChI is InChI=1S/C28H37N3O2/c1-22-17-30(20-27-7-5-6-26(16-27)19-29-14-3-4-15-29)18-23(2)31(22)21-25-10-8-24(9-11-25)12-13-28(32)33/h5-13,16,22-23H,3-4,14-15,17-21H2,1-2H3,(H,32,33)/b13-12+/t22-,23+. The minimum Gasteiger partial charge on any atom is -0.478 e. The van der Waals surface area contributed by atoms with Crippen molar-refractivity contribution >= 4 is 12.0 Å². The zero-order valence-corrected chi connectivity index (χ0v) is 20.0. The number of hydrogen-bond donors (Lipinski definition) is 1. The van der Waals surface area contributed by atoms with Gasteiger partial charge in [0, 0.05) is 50.9 Å². The van der Waals surface area contributed by atoms with Crippen LogP contribution in [0, 0.1) is 0 Å². The summed E-state index contributed by atoms with van der Waals surface area (Å²) in [5.41, 5.74) is 5.04. The van der Waals surface area contributed by atoms with Crippen molar-refractivity contribution < 1.29 is 9.90 Å². The highest BCUT2D eigenvalue weighted by Gasteiger charge is 2.29. The zero-order valence-electron chi connectivity index (χ0n) is 20.0. The third kappa shape index (κ3) is 6.76. The van der Waals surface area contributed by atoms with Gasteiger partial charge in [0.1, 0.15) is 0 Å². The highest BCUT2D eigenvalue weighted by atomic mass is 16.4. The second-order valence-electron chi connectivity index (χ2n) is 9.78. The number of carboxylic acids is 1. The molecule has 2 aromatic rings. The van der Waals surface area contributed by atoms with Gasteiger partial charge in [-0.3, -0.25) is 14.7 Å². The van der Waals surface area contributed by atoms with Crippen molar-refractivity contribution in [2.24, 2.45) is 0 Å². The molecule has 2 aliphatic heterocycles. The largest absolute Gasteiger partial charge is 0.478 e. The molecule has 176 valence electrons. The molecule has 2 heterocycles. The van der Waals surface area contributed by atoms with Crippen molar-refractivity contribution in [3.05, 3.63) is 76.9 Å². The van der Waals surface area contributed by atoms with Crippen LogP contribution in [-0.4, -0.2) is 64.0 Å². The summed E-state index contributed by atoms with van der Waals surface area (Å²) in [6, 6.07) is 18.3. The molecule has 0 aliphatic carbocycles. The Kier molecular flexibility index (Phi) is 7.97. The molecule has 1 N–H and O–H groups in total. The molecule has 0 aromatic heterocycles. The fraction of sp³-hybridized carbons (Fsp3) is 0.464. The Morgan fingerprint density at radius 2 is 1.48 bits per heavy atom. The van der Waals surface area contributed by atoms with Crippen LogP contribution in [-0.2, 0) is 24.4 Å². The number of benzene rings is 2. The van der Waals surface area contributed by atoms with Gasteiger partial charge in [-0.15, -0.1) is 0 Å². The van der Waals surface area contributed by atoms with E-state index in [1.54, 1.807) is 6.08 Å². The number of carboxylic acid groups (broad SMARTS) is 1. The maximum atomic E-state index is 10.7. The summed E-state index contributed by atoms with van der Waals surface area (Å²) < 4.78 is 0. The molecule has 0 spiro atoms. The van der Waals surface area contributed by atoms with Gasteiger partial charge in [0.05, 0.1) is 0 Å². The molecule has 0 bridgehead atoms. The predicted molar refractivity (Wildman–Crippen MR) is 134 cm³/mol. The Morgan fingerprint density at radius 3 is 2.09 bits per heavy atom. The minimum atomic E-state index is -0.919. The van der Waals surface area contributed by atoms with Crippen molar-refractivity contribution in [1.82, 2.24) is 14.7 Å². The average Bonchev–Trinajstić information content (AvgIpc) is 3.29. The number of nitrogens with zero attached hydrogens (tertiary/aromatic N) is 3. The number of piperazine rings is 1. The van der Waals surface area contributed by atoms with Crippen LogP contribution < -0.4 is 0 Å². The van der Waals surface area contributed by atoms with Crippen molar-refractivity contribution in [3.8, 4) is 0 Å². The smallest absolute Gasteiger partial charge is 0.328 e. The Hall–Kier alpha value is -2.47. The monoisotopic (exact) mass is 447 g/mol. The number of aliphatic carboxylic acids is 1. The SMILES string of the molecule is C[C@@H]1CN(Cc2cccc(CN3CCCC3)c2)C[C@H](C)N1Cc1ccc(/C=C/C(=O)O)cc1. The van der Waals surface area contributed by atoms with Gasteiger partial charge in [-0.25, -0.2) is 4.79 Å². The molecule has 0 amide bonds. The molecule has 4 rings (SSSR count). The second kappa shape index (κ2) is 11.1. The summed E-state index contributed by atoms with van der Waals surface area (Å²) in [5.74, 6) is -0.919. The number of rotatable bonds is 8. The average molecular weight is 448 g/mol. The summed E-state index contributed by atoms with van der Waals surface area (Å²) in [5, 5.41) is 8.79. The van der Waals surface area contributed by atoms with E-state index in [0.717, 1.165) is 38.3 Å². The van der Waals surface area contributed by atoms with E-state index in [2.05, 4.69) is 64.9 Å². The van der Waals surface area contributed by atoms with Gasteiger partial charge in [0.15, 0.2) is 0 Å². The van der Waals surface area contributed by atoms with Crippen molar-refractivity contribution in [1.29, 1.82) is 0 Å². The highest BCUT2D eigenvalue weighted by Crippen LogP contribution is 2.22. The number of carbonyl (C=O) groups is 1. The topological polar surface area (TPSA) is 47.0 Å². The van der Waals surface area contributed by atoms with Gasteiger partial charge in [-0.1, -0.05) is 48.5 Å². The maximum Gasteiger partial charge on any atom is 0.328 e. The van der Waals surface area contributed by atoms with E-state index in [1.807, 2.05) is 12.1 Å². The van der Waals surface area contributed by atoms with Crippen LogP contribution in [0.1, 0.15) is 48.9 Å². The van der Waals surface area contributed by atoms with Gasteiger partial charge in [-0.05, 0) is 68.1 Å². The van der Waals surface area contributed by atoms with E-state index < -0.39 is 5.97 Å². The first-order valence-electron chi connectivity index (χ1n) is 12.2. The van der Waals surface area contributed by atoms with Crippen LogP contribution >= 0.6 is 0 Å². The lowest BCUT2D eigenvalue weighted by atomic mass is 10.0. The van der Waals surface area contributed by atoms with Crippen molar-refractivity contribution in [2.45, 2.75) is 58.4 Å². The van der Waals surface area contributed by atoms with Gasteiger partial charge in [0.2, 0.25) is 0 Å². The molecule has 2 aromatic carbocycles. The minimum absolute atomic E-state index is 0.480. The predicted octanol–water partition coefficient (Wildman–Crippen LogP) is 4.48. The van der Waals surface area contributed by atoms with Crippen LogP contribution in [0.3, 0.4) is 0 Å². The normalized spacial score (nSPS) is 22.8. The van der Waals surface area contributed by atoms with Crippen LogP contribution in [0.5, 0.6) is 0 Å². The third-order valence-corrected chi connectivity index (χ3v) is 6.94. The zero-order chi connectivity index (χ0) is 23.2. The molecule has 2 saturated heterocycles. The molecule has 2 fully saturated rings. The maximum absolute atomic E-state index is 10.7. The lowest BCUT2D eigenvalue weighted by Gasteiger charge is -2.44. The first-order chi connectivity index (χ1) is 16.0. The molecular formula is C28H37N3O2. The van der Waals surface area contributed by atoms with Gasteiger partial charge in [0.25, 0.3) is 0 Å². The second-order valence-corrected chi connectivity index (χ2v) is 9.78. The van der Waals surface area contributed by atoms with Gasteiger partial charge >= 0.3 is 5.97 Å². The molecule has 0 radical (unpaired) electrons. The first-order valence-corrected chi connectivity index (χ1v) is 12.2. The van der Waals surface area contributed by atoms with Crippen LogP contribution in [0.4, 0.5) is 0 Å². The molecule has 0 unspecified atom stereocenters. The Balaban J connectivity index is 1.32. The fourth-order valence-electron chi connectivity index (χ4n) is 5.30. The van der Waals surface area contributed by atoms with Gasteiger partial charge in [-0.2, -0.15) is 0 Å². The molecular weight excluding hydrogens is 410 g/mol. The molecule has 5 heteroatoms. The molecule has 0 saturated carbocycles. The summed E-state index contributed by atoms with van der Waals surface area (Å²) >= 11 is 0. The first kappa shape index (κ1) is 23.7. The fourth-order valence-corrected chi connectivity index (χ4v) is 5.30. The lowest BCUT2D eigenvalue weighted by molar-refractivity contribution is -0.131. The van der Waals surface area contributed by atoms with Crippen molar-refractivity contribution in [2.75, 3.05) is 26.2 Å². The third-order valence-electron chi connectivity index (χ3n) is 6.94. The van der Waals surface area contributed by atoms with Crippen molar-refractivity contribution in [3.63, 3.8) is 0 Å². The van der Waals surface area contributed by atoms with E-state index in [4.69, 9.17) is 5.11 Å². The Labute approximate surface area is 198 Å². The van der Waals surface area contributed by atoms with E-state index in [9.17, 15) is 4.79 Å². The number of hydrogen-bond acceptors (Lipinski definition) is 4. The molecule has 33 heavy (non-hydrogen) atoms.